The average Bonchev–Trinajstić information content (AvgIpc) is 2.76. The summed E-state index contributed by atoms with van der Waals surface area (Å²) < 4.78 is 7.39. The molecule has 0 aliphatic carbocycles. The van der Waals surface area contributed by atoms with Crippen molar-refractivity contribution in [3.8, 4) is 5.88 Å². The number of hydrogen-bond donors (Lipinski definition) is 0. The van der Waals surface area contributed by atoms with Crippen molar-refractivity contribution in [2.75, 3.05) is 13.0 Å². The summed E-state index contributed by atoms with van der Waals surface area (Å²) >= 11 is 5.88. The van der Waals surface area contributed by atoms with E-state index >= 15 is 0 Å². The lowest BCUT2D eigenvalue weighted by atomic mass is 10.1. The fraction of sp³-hybridized carbons (Fsp3) is 0.600. The van der Waals surface area contributed by atoms with Crippen LogP contribution in [0.5, 0.6) is 5.88 Å². The van der Waals surface area contributed by atoms with Gasteiger partial charge in [-0.25, -0.2) is 4.98 Å². The zero-order valence-corrected chi connectivity index (χ0v) is 13.2. The van der Waals surface area contributed by atoms with Crippen molar-refractivity contribution in [1.82, 2.24) is 14.5 Å². The standard InChI is InChI=1S/C15H22ClN3O/c1-11(2)5-4-10-19-13(8-9-16)17-12-6-7-14(20-3)18-15(12)19/h6-7,11H,4-5,8-10H2,1-3H3. The van der Waals surface area contributed by atoms with Gasteiger partial charge in [-0.3, -0.25) is 0 Å². The topological polar surface area (TPSA) is 39.9 Å². The van der Waals surface area contributed by atoms with Crippen LogP contribution in [0.1, 0.15) is 32.5 Å². The molecule has 0 radical (unpaired) electrons. The third kappa shape index (κ3) is 3.42. The van der Waals surface area contributed by atoms with E-state index in [4.69, 9.17) is 16.3 Å². The van der Waals surface area contributed by atoms with Crippen molar-refractivity contribution in [2.45, 2.75) is 39.7 Å². The van der Waals surface area contributed by atoms with Crippen LogP contribution in [0.2, 0.25) is 0 Å². The lowest BCUT2D eigenvalue weighted by Crippen LogP contribution is -2.06. The molecule has 0 aliphatic heterocycles. The minimum absolute atomic E-state index is 0.574. The van der Waals surface area contributed by atoms with E-state index in [1.54, 1.807) is 7.11 Å². The number of fused-ring (bicyclic) bond motifs is 1. The molecule has 110 valence electrons. The third-order valence-corrected chi connectivity index (χ3v) is 3.53. The van der Waals surface area contributed by atoms with Gasteiger partial charge in [0.1, 0.15) is 11.3 Å². The number of methoxy groups -OCH3 is 1. The van der Waals surface area contributed by atoms with Crippen LogP contribution < -0.4 is 4.74 Å². The summed E-state index contributed by atoms with van der Waals surface area (Å²) in [6.45, 7) is 5.42. The minimum Gasteiger partial charge on any atom is -0.481 e. The van der Waals surface area contributed by atoms with Crippen LogP contribution in [0.4, 0.5) is 0 Å². The summed E-state index contributed by atoms with van der Waals surface area (Å²) in [7, 11) is 1.63. The molecular formula is C15H22ClN3O. The minimum atomic E-state index is 0.574. The molecule has 0 N–H and O–H groups in total. The Hall–Kier alpha value is -1.29. The van der Waals surface area contributed by atoms with Crippen molar-refractivity contribution in [1.29, 1.82) is 0 Å². The van der Waals surface area contributed by atoms with Crippen LogP contribution >= 0.6 is 11.6 Å². The predicted octanol–water partition coefficient (Wildman–Crippen LogP) is 3.66. The molecule has 5 heteroatoms. The second kappa shape index (κ2) is 6.93. The van der Waals surface area contributed by atoms with Crippen LogP contribution in [0.25, 0.3) is 11.2 Å². The predicted molar refractivity (Wildman–Crippen MR) is 82.6 cm³/mol. The molecular weight excluding hydrogens is 274 g/mol. The van der Waals surface area contributed by atoms with Gasteiger partial charge in [-0.1, -0.05) is 13.8 Å². The van der Waals surface area contributed by atoms with Crippen molar-refractivity contribution in [2.24, 2.45) is 5.92 Å². The molecule has 0 saturated carbocycles. The summed E-state index contributed by atoms with van der Waals surface area (Å²) in [4.78, 5) is 9.17. The zero-order valence-electron chi connectivity index (χ0n) is 12.4. The van der Waals surface area contributed by atoms with Crippen molar-refractivity contribution >= 4 is 22.8 Å². The first-order valence-corrected chi connectivity index (χ1v) is 7.65. The van der Waals surface area contributed by atoms with E-state index < -0.39 is 0 Å². The normalized spacial score (nSPS) is 11.4. The molecule has 0 aliphatic rings. The first-order valence-electron chi connectivity index (χ1n) is 7.11. The lowest BCUT2D eigenvalue weighted by molar-refractivity contribution is 0.398. The number of hydrogen-bond acceptors (Lipinski definition) is 3. The van der Waals surface area contributed by atoms with E-state index in [0.29, 0.717) is 17.7 Å². The molecule has 0 fully saturated rings. The number of pyridine rings is 1. The van der Waals surface area contributed by atoms with E-state index in [1.165, 1.54) is 6.42 Å². The summed E-state index contributed by atoms with van der Waals surface area (Å²) in [6, 6.07) is 3.80. The highest BCUT2D eigenvalue weighted by Crippen LogP contribution is 2.20. The second-order valence-electron chi connectivity index (χ2n) is 5.35. The summed E-state index contributed by atoms with van der Waals surface area (Å²) in [6.07, 6.45) is 3.09. The third-order valence-electron chi connectivity index (χ3n) is 3.34. The lowest BCUT2D eigenvalue weighted by Gasteiger charge is -2.09. The first-order chi connectivity index (χ1) is 9.65. The monoisotopic (exact) mass is 295 g/mol. The number of imidazole rings is 1. The molecule has 0 amide bonds. The maximum atomic E-state index is 5.88. The summed E-state index contributed by atoms with van der Waals surface area (Å²) in [5.74, 6) is 2.92. The Morgan fingerprint density at radius 1 is 1.30 bits per heavy atom. The Morgan fingerprint density at radius 2 is 2.10 bits per heavy atom. The number of rotatable bonds is 7. The SMILES string of the molecule is COc1ccc2nc(CCCl)n(CCCC(C)C)c2n1. The van der Waals surface area contributed by atoms with Gasteiger partial charge in [0.2, 0.25) is 5.88 Å². The molecule has 2 aromatic rings. The maximum Gasteiger partial charge on any atom is 0.215 e. The summed E-state index contributed by atoms with van der Waals surface area (Å²) in [5, 5.41) is 0. The Labute approximate surface area is 125 Å². The molecule has 2 heterocycles. The molecule has 20 heavy (non-hydrogen) atoms. The molecule has 0 bridgehead atoms. The van der Waals surface area contributed by atoms with Gasteiger partial charge in [0.05, 0.1) is 7.11 Å². The van der Waals surface area contributed by atoms with E-state index in [9.17, 15) is 0 Å². The van der Waals surface area contributed by atoms with Crippen molar-refractivity contribution in [3.63, 3.8) is 0 Å². The zero-order chi connectivity index (χ0) is 14.5. The molecule has 0 atom stereocenters. The largest absolute Gasteiger partial charge is 0.481 e. The van der Waals surface area contributed by atoms with Gasteiger partial charge in [-0.05, 0) is 24.8 Å². The Kier molecular flexibility index (Phi) is 5.24. The van der Waals surface area contributed by atoms with Crippen LogP contribution in [0, 0.1) is 5.92 Å². The van der Waals surface area contributed by atoms with Crippen LogP contribution in [0.3, 0.4) is 0 Å². The van der Waals surface area contributed by atoms with Gasteiger partial charge >= 0.3 is 0 Å². The fourth-order valence-electron chi connectivity index (χ4n) is 2.31. The second-order valence-corrected chi connectivity index (χ2v) is 5.73. The smallest absolute Gasteiger partial charge is 0.215 e. The molecule has 0 aromatic carbocycles. The number of ether oxygens (including phenoxy) is 1. The van der Waals surface area contributed by atoms with E-state index in [0.717, 1.165) is 36.4 Å². The van der Waals surface area contributed by atoms with Gasteiger partial charge in [0, 0.05) is 24.9 Å². The van der Waals surface area contributed by atoms with E-state index in [1.807, 2.05) is 12.1 Å². The van der Waals surface area contributed by atoms with Crippen LogP contribution in [-0.4, -0.2) is 27.5 Å². The van der Waals surface area contributed by atoms with Crippen LogP contribution in [-0.2, 0) is 13.0 Å². The molecule has 0 unspecified atom stereocenters. The number of halogens is 1. The quantitative estimate of drug-likeness (QED) is 0.732. The Balaban J connectivity index is 2.32. The Bertz CT molecular complexity index is 565. The molecule has 0 saturated heterocycles. The highest BCUT2D eigenvalue weighted by molar-refractivity contribution is 6.17. The number of aryl methyl sites for hydroxylation is 2. The van der Waals surface area contributed by atoms with Crippen molar-refractivity contribution < 1.29 is 4.74 Å². The van der Waals surface area contributed by atoms with Gasteiger partial charge < -0.3 is 9.30 Å². The number of aromatic nitrogens is 3. The number of nitrogens with zero attached hydrogens (tertiary/aromatic N) is 3. The van der Waals surface area contributed by atoms with E-state index in [-0.39, 0.29) is 0 Å². The van der Waals surface area contributed by atoms with Gasteiger partial charge in [-0.2, -0.15) is 4.98 Å². The van der Waals surface area contributed by atoms with Crippen molar-refractivity contribution in [3.05, 3.63) is 18.0 Å². The summed E-state index contributed by atoms with van der Waals surface area (Å²) in [5.41, 5.74) is 1.81. The highest BCUT2D eigenvalue weighted by Gasteiger charge is 2.12. The number of alkyl halides is 1. The first kappa shape index (κ1) is 15.1. The van der Waals surface area contributed by atoms with E-state index in [2.05, 4.69) is 28.4 Å². The molecule has 2 rings (SSSR count). The molecule has 4 nitrogen and oxygen atoms in total. The van der Waals surface area contributed by atoms with Gasteiger partial charge in [0.15, 0.2) is 5.65 Å². The highest BCUT2D eigenvalue weighted by atomic mass is 35.5. The van der Waals surface area contributed by atoms with Gasteiger partial charge in [0.25, 0.3) is 0 Å². The van der Waals surface area contributed by atoms with Crippen LogP contribution in [0.15, 0.2) is 12.1 Å². The maximum absolute atomic E-state index is 5.88. The molecule has 0 spiro atoms. The average molecular weight is 296 g/mol. The fourth-order valence-corrected chi connectivity index (χ4v) is 2.48. The van der Waals surface area contributed by atoms with Gasteiger partial charge in [-0.15, -0.1) is 11.6 Å². The Morgan fingerprint density at radius 3 is 2.75 bits per heavy atom. The molecule has 2 aromatic heterocycles.